The first-order valence-electron chi connectivity index (χ1n) is 6.20. The molecule has 0 saturated carbocycles. The van der Waals surface area contributed by atoms with E-state index in [1.165, 1.54) is 12.1 Å². The van der Waals surface area contributed by atoms with Crippen molar-refractivity contribution in [3.63, 3.8) is 0 Å². The predicted molar refractivity (Wildman–Crippen MR) is 80.2 cm³/mol. The fourth-order valence-corrected chi connectivity index (χ4v) is 1.51. The van der Waals surface area contributed by atoms with Crippen LogP contribution in [-0.4, -0.2) is 0 Å². The molecule has 0 radical (unpaired) electrons. The van der Waals surface area contributed by atoms with Gasteiger partial charge in [-0.15, -0.1) is 0 Å². The van der Waals surface area contributed by atoms with Crippen LogP contribution >= 0.6 is 0 Å². The Morgan fingerprint density at radius 3 is 2.52 bits per heavy atom. The maximum atomic E-state index is 13.8. The van der Waals surface area contributed by atoms with Crippen LogP contribution in [0.1, 0.15) is 12.5 Å². The molecular formula is C16H17F3N2. The first-order valence-corrected chi connectivity index (χ1v) is 6.20. The van der Waals surface area contributed by atoms with E-state index in [1.54, 1.807) is 19.1 Å². The van der Waals surface area contributed by atoms with Gasteiger partial charge in [-0.3, -0.25) is 0 Å². The van der Waals surface area contributed by atoms with Crippen molar-refractivity contribution < 1.29 is 13.2 Å². The van der Waals surface area contributed by atoms with Crippen LogP contribution < -0.4 is 11.1 Å². The highest BCUT2D eigenvalue weighted by Gasteiger charge is 2.14. The topological polar surface area (TPSA) is 38.0 Å². The third-order valence-corrected chi connectivity index (χ3v) is 2.79. The summed E-state index contributed by atoms with van der Waals surface area (Å²) in [5.41, 5.74) is 6.28. The summed E-state index contributed by atoms with van der Waals surface area (Å²) in [5, 5.41) is 2.50. The second-order valence-corrected chi connectivity index (χ2v) is 4.32. The lowest BCUT2D eigenvalue weighted by Crippen LogP contribution is -2.09. The standard InChI is InChI=1S/C16H17F3N2/c1-4-10(2)5-8-14(11(3)17)21-16-12(9-20)6-7-13(18)15(16)19/h4-8,21H,1,3,9,20H2,2H3/b10-5-,14-8+. The minimum absolute atomic E-state index is 0.0207. The lowest BCUT2D eigenvalue weighted by Gasteiger charge is -2.14. The Morgan fingerprint density at radius 1 is 1.33 bits per heavy atom. The number of halogens is 3. The van der Waals surface area contributed by atoms with Crippen LogP contribution in [-0.2, 0) is 6.54 Å². The highest BCUT2D eigenvalue weighted by Crippen LogP contribution is 2.25. The molecule has 21 heavy (non-hydrogen) atoms. The SMILES string of the molecule is C=C/C(C)=C\C=C(\Nc1c(CN)ccc(F)c1F)C(=C)F. The number of hydrogen-bond acceptors (Lipinski definition) is 2. The Morgan fingerprint density at radius 2 is 2.00 bits per heavy atom. The number of nitrogens with one attached hydrogen (secondary N) is 1. The van der Waals surface area contributed by atoms with Crippen LogP contribution in [0.5, 0.6) is 0 Å². The zero-order valence-electron chi connectivity index (χ0n) is 11.7. The van der Waals surface area contributed by atoms with E-state index in [9.17, 15) is 13.2 Å². The summed E-state index contributed by atoms with van der Waals surface area (Å²) in [6.07, 6.45) is 4.51. The van der Waals surface area contributed by atoms with E-state index in [4.69, 9.17) is 5.73 Å². The lowest BCUT2D eigenvalue weighted by molar-refractivity contribution is 0.510. The predicted octanol–water partition coefficient (Wildman–Crippen LogP) is 4.33. The summed E-state index contributed by atoms with van der Waals surface area (Å²) in [5.74, 6) is -2.97. The van der Waals surface area contributed by atoms with Gasteiger partial charge in [0, 0.05) is 6.54 Å². The summed E-state index contributed by atoms with van der Waals surface area (Å²) in [7, 11) is 0. The summed E-state index contributed by atoms with van der Waals surface area (Å²) in [4.78, 5) is 0. The molecule has 0 spiro atoms. The van der Waals surface area contributed by atoms with Crippen molar-refractivity contribution in [3.8, 4) is 0 Å². The molecule has 1 rings (SSSR count). The molecule has 0 aliphatic rings. The molecule has 0 saturated heterocycles. The fourth-order valence-electron chi connectivity index (χ4n) is 1.51. The first kappa shape index (κ1) is 16.8. The van der Waals surface area contributed by atoms with Crippen molar-refractivity contribution in [1.82, 2.24) is 0 Å². The summed E-state index contributed by atoms with van der Waals surface area (Å²) >= 11 is 0. The normalized spacial score (nSPS) is 12.2. The average molecular weight is 294 g/mol. The fraction of sp³-hybridized carbons (Fsp3) is 0.125. The molecule has 0 amide bonds. The molecule has 5 heteroatoms. The van der Waals surface area contributed by atoms with E-state index in [1.807, 2.05) is 0 Å². The Labute approximate surface area is 122 Å². The van der Waals surface area contributed by atoms with Gasteiger partial charge in [0.2, 0.25) is 0 Å². The van der Waals surface area contributed by atoms with Crippen LogP contribution in [0, 0.1) is 11.6 Å². The number of nitrogens with two attached hydrogens (primary N) is 1. The quantitative estimate of drug-likeness (QED) is 0.766. The third-order valence-electron chi connectivity index (χ3n) is 2.79. The largest absolute Gasteiger partial charge is 0.350 e. The van der Waals surface area contributed by atoms with Gasteiger partial charge in [0.1, 0.15) is 5.83 Å². The van der Waals surface area contributed by atoms with E-state index in [-0.39, 0.29) is 17.9 Å². The molecule has 3 N–H and O–H groups in total. The Hall–Kier alpha value is -2.27. The lowest BCUT2D eigenvalue weighted by atomic mass is 10.1. The van der Waals surface area contributed by atoms with Crippen LogP contribution in [0.15, 0.2) is 60.6 Å². The summed E-state index contributed by atoms with van der Waals surface area (Å²) in [6, 6.07) is 2.31. The highest BCUT2D eigenvalue weighted by molar-refractivity contribution is 5.59. The minimum atomic E-state index is -1.12. The minimum Gasteiger partial charge on any atom is -0.350 e. The van der Waals surface area contributed by atoms with Crippen molar-refractivity contribution in [2.24, 2.45) is 5.73 Å². The van der Waals surface area contributed by atoms with E-state index in [2.05, 4.69) is 18.5 Å². The smallest absolute Gasteiger partial charge is 0.182 e. The third kappa shape index (κ3) is 4.36. The number of allylic oxidation sites excluding steroid dienone is 5. The molecule has 0 aliphatic heterocycles. The molecule has 0 unspecified atom stereocenters. The van der Waals surface area contributed by atoms with Crippen molar-refractivity contribution in [2.45, 2.75) is 13.5 Å². The average Bonchev–Trinajstić information content (AvgIpc) is 2.46. The second-order valence-electron chi connectivity index (χ2n) is 4.32. The van der Waals surface area contributed by atoms with Crippen molar-refractivity contribution in [2.75, 3.05) is 5.32 Å². The van der Waals surface area contributed by atoms with E-state index in [0.717, 1.165) is 11.6 Å². The molecule has 112 valence electrons. The van der Waals surface area contributed by atoms with Gasteiger partial charge in [0.05, 0.1) is 11.4 Å². The Balaban J connectivity index is 3.25. The first-order chi connectivity index (χ1) is 9.90. The number of benzene rings is 1. The van der Waals surface area contributed by atoms with Gasteiger partial charge in [-0.05, 0) is 24.6 Å². The maximum absolute atomic E-state index is 13.8. The van der Waals surface area contributed by atoms with Gasteiger partial charge in [-0.1, -0.05) is 36.9 Å². The second kappa shape index (κ2) is 7.50. The van der Waals surface area contributed by atoms with E-state index < -0.39 is 17.5 Å². The molecular weight excluding hydrogens is 277 g/mol. The van der Waals surface area contributed by atoms with E-state index in [0.29, 0.717) is 5.56 Å². The zero-order chi connectivity index (χ0) is 16.0. The van der Waals surface area contributed by atoms with Crippen LogP contribution in [0.2, 0.25) is 0 Å². The van der Waals surface area contributed by atoms with Crippen LogP contribution in [0.3, 0.4) is 0 Å². The van der Waals surface area contributed by atoms with Gasteiger partial charge >= 0.3 is 0 Å². The zero-order valence-corrected chi connectivity index (χ0v) is 11.7. The highest BCUT2D eigenvalue weighted by atomic mass is 19.2. The van der Waals surface area contributed by atoms with Gasteiger partial charge < -0.3 is 11.1 Å². The Bertz CT molecular complexity index is 616. The van der Waals surface area contributed by atoms with Crippen molar-refractivity contribution >= 4 is 5.69 Å². The van der Waals surface area contributed by atoms with Crippen molar-refractivity contribution in [3.05, 3.63) is 77.8 Å². The van der Waals surface area contributed by atoms with Crippen LogP contribution in [0.25, 0.3) is 0 Å². The number of rotatable bonds is 6. The van der Waals surface area contributed by atoms with Crippen LogP contribution in [0.4, 0.5) is 18.9 Å². The monoisotopic (exact) mass is 294 g/mol. The summed E-state index contributed by atoms with van der Waals surface area (Å²) in [6.45, 7) is 8.46. The molecule has 0 atom stereocenters. The van der Waals surface area contributed by atoms with E-state index >= 15 is 0 Å². The number of hydrogen-bond donors (Lipinski definition) is 2. The van der Waals surface area contributed by atoms with Crippen molar-refractivity contribution in [1.29, 1.82) is 0 Å². The maximum Gasteiger partial charge on any atom is 0.182 e. The molecule has 1 aromatic carbocycles. The number of anilines is 1. The Kier molecular flexibility index (Phi) is 5.99. The van der Waals surface area contributed by atoms with Gasteiger partial charge in [-0.25, -0.2) is 13.2 Å². The molecule has 0 aliphatic carbocycles. The molecule has 1 aromatic rings. The molecule has 0 heterocycles. The van der Waals surface area contributed by atoms with Gasteiger partial charge in [0.25, 0.3) is 0 Å². The molecule has 2 nitrogen and oxygen atoms in total. The molecule has 0 aromatic heterocycles. The van der Waals surface area contributed by atoms with Gasteiger partial charge in [-0.2, -0.15) is 0 Å². The van der Waals surface area contributed by atoms with Gasteiger partial charge in [0.15, 0.2) is 11.6 Å². The molecule has 0 bridgehead atoms. The summed E-state index contributed by atoms with van der Waals surface area (Å²) < 4.78 is 40.6. The molecule has 0 fully saturated rings.